The fraction of sp³-hybridized carbons (Fsp3) is 0.143. The standard InChI is InChI=1S/C14H12ClF2NO/c15-9-4-6-10(7-5-9)18-8-13(19)14-11(16)2-1-3-12(14)17/h1-7,13,18-19H,8H2. The molecule has 0 heterocycles. The third-order valence-electron chi connectivity index (χ3n) is 2.68. The number of aliphatic hydroxyl groups is 1. The maximum absolute atomic E-state index is 13.4. The van der Waals surface area contributed by atoms with E-state index in [1.54, 1.807) is 24.3 Å². The van der Waals surface area contributed by atoms with E-state index in [-0.39, 0.29) is 12.1 Å². The summed E-state index contributed by atoms with van der Waals surface area (Å²) in [7, 11) is 0. The SMILES string of the molecule is OC(CNc1ccc(Cl)cc1)c1c(F)cccc1F. The second-order valence-electron chi connectivity index (χ2n) is 4.04. The van der Waals surface area contributed by atoms with E-state index in [4.69, 9.17) is 11.6 Å². The molecule has 2 N–H and O–H groups in total. The van der Waals surface area contributed by atoms with Crippen LogP contribution in [0, 0.1) is 11.6 Å². The maximum Gasteiger partial charge on any atom is 0.132 e. The predicted octanol–water partition coefficient (Wildman–Crippen LogP) is 3.76. The Kier molecular flexibility index (Phi) is 4.35. The second kappa shape index (κ2) is 5.99. The minimum Gasteiger partial charge on any atom is -0.386 e. The lowest BCUT2D eigenvalue weighted by atomic mass is 10.1. The molecule has 0 saturated heterocycles. The molecule has 5 heteroatoms. The first-order valence-corrected chi connectivity index (χ1v) is 6.07. The molecule has 2 nitrogen and oxygen atoms in total. The first-order chi connectivity index (χ1) is 9.08. The molecule has 0 aromatic heterocycles. The quantitative estimate of drug-likeness (QED) is 0.895. The van der Waals surface area contributed by atoms with Crippen LogP contribution in [-0.2, 0) is 0 Å². The van der Waals surface area contributed by atoms with Crippen molar-refractivity contribution in [2.75, 3.05) is 11.9 Å². The van der Waals surface area contributed by atoms with E-state index in [2.05, 4.69) is 5.32 Å². The van der Waals surface area contributed by atoms with Gasteiger partial charge in [0.2, 0.25) is 0 Å². The minimum atomic E-state index is -1.27. The van der Waals surface area contributed by atoms with Gasteiger partial charge < -0.3 is 10.4 Å². The molecule has 2 rings (SSSR count). The van der Waals surface area contributed by atoms with Gasteiger partial charge in [-0.15, -0.1) is 0 Å². The average molecular weight is 284 g/mol. The number of hydrogen-bond acceptors (Lipinski definition) is 2. The van der Waals surface area contributed by atoms with Crippen LogP contribution in [0.1, 0.15) is 11.7 Å². The molecule has 2 aromatic carbocycles. The van der Waals surface area contributed by atoms with Crippen molar-refractivity contribution in [2.45, 2.75) is 6.10 Å². The van der Waals surface area contributed by atoms with Crippen molar-refractivity contribution in [2.24, 2.45) is 0 Å². The highest BCUT2D eigenvalue weighted by Gasteiger charge is 2.17. The molecule has 1 atom stereocenters. The van der Waals surface area contributed by atoms with Gasteiger partial charge in [-0.1, -0.05) is 17.7 Å². The van der Waals surface area contributed by atoms with E-state index in [9.17, 15) is 13.9 Å². The molecule has 1 unspecified atom stereocenters. The molecule has 0 bridgehead atoms. The Balaban J connectivity index is 2.05. The minimum absolute atomic E-state index is 0.000510. The average Bonchev–Trinajstić information content (AvgIpc) is 2.38. The lowest BCUT2D eigenvalue weighted by Crippen LogP contribution is -2.15. The molecule has 0 aliphatic carbocycles. The molecule has 0 aliphatic heterocycles. The maximum atomic E-state index is 13.4. The summed E-state index contributed by atoms with van der Waals surface area (Å²) >= 11 is 5.74. The highest BCUT2D eigenvalue weighted by molar-refractivity contribution is 6.30. The molecule has 0 fully saturated rings. The van der Waals surface area contributed by atoms with Crippen LogP contribution in [0.15, 0.2) is 42.5 Å². The number of anilines is 1. The van der Waals surface area contributed by atoms with Crippen LogP contribution in [0.5, 0.6) is 0 Å². The van der Waals surface area contributed by atoms with E-state index >= 15 is 0 Å². The summed E-state index contributed by atoms with van der Waals surface area (Å²) in [5.74, 6) is -1.52. The fourth-order valence-corrected chi connectivity index (χ4v) is 1.84. The van der Waals surface area contributed by atoms with Gasteiger partial charge in [-0.3, -0.25) is 0 Å². The summed E-state index contributed by atoms with van der Waals surface area (Å²) in [6, 6.07) is 10.3. The van der Waals surface area contributed by atoms with E-state index in [1.807, 2.05) is 0 Å². The molecule has 19 heavy (non-hydrogen) atoms. The lowest BCUT2D eigenvalue weighted by Gasteiger charge is -2.14. The molecular weight excluding hydrogens is 272 g/mol. The molecular formula is C14H12ClF2NO. The van der Waals surface area contributed by atoms with Gasteiger partial charge in [0.25, 0.3) is 0 Å². The number of rotatable bonds is 4. The highest BCUT2D eigenvalue weighted by atomic mass is 35.5. The van der Waals surface area contributed by atoms with Crippen molar-refractivity contribution in [3.8, 4) is 0 Å². The van der Waals surface area contributed by atoms with Gasteiger partial charge >= 0.3 is 0 Å². The second-order valence-corrected chi connectivity index (χ2v) is 4.48. The lowest BCUT2D eigenvalue weighted by molar-refractivity contribution is 0.181. The number of aliphatic hydroxyl groups excluding tert-OH is 1. The van der Waals surface area contributed by atoms with E-state index in [0.29, 0.717) is 10.7 Å². The predicted molar refractivity (Wildman–Crippen MR) is 71.3 cm³/mol. The van der Waals surface area contributed by atoms with E-state index in [0.717, 1.165) is 12.1 Å². The first kappa shape index (κ1) is 13.8. The largest absolute Gasteiger partial charge is 0.386 e. The smallest absolute Gasteiger partial charge is 0.132 e. The van der Waals surface area contributed by atoms with Gasteiger partial charge in [0.15, 0.2) is 0 Å². The summed E-state index contributed by atoms with van der Waals surface area (Å²) in [5.41, 5.74) is 0.379. The number of halogens is 3. The Morgan fingerprint density at radius 2 is 1.63 bits per heavy atom. The normalized spacial score (nSPS) is 12.2. The summed E-state index contributed by atoms with van der Waals surface area (Å²) in [6.07, 6.45) is -1.27. The first-order valence-electron chi connectivity index (χ1n) is 5.69. The van der Waals surface area contributed by atoms with Crippen molar-refractivity contribution in [1.29, 1.82) is 0 Å². The molecule has 0 amide bonds. The van der Waals surface area contributed by atoms with Crippen molar-refractivity contribution in [3.05, 3.63) is 64.7 Å². The van der Waals surface area contributed by atoms with Crippen LogP contribution in [0.2, 0.25) is 5.02 Å². The molecule has 0 spiro atoms. The van der Waals surface area contributed by atoms with Crippen LogP contribution in [-0.4, -0.2) is 11.7 Å². The van der Waals surface area contributed by atoms with Crippen LogP contribution in [0.3, 0.4) is 0 Å². The van der Waals surface area contributed by atoms with Crippen LogP contribution < -0.4 is 5.32 Å². The number of benzene rings is 2. The van der Waals surface area contributed by atoms with Gasteiger partial charge in [0.1, 0.15) is 17.7 Å². The summed E-state index contributed by atoms with van der Waals surface area (Å²) in [4.78, 5) is 0. The molecule has 100 valence electrons. The summed E-state index contributed by atoms with van der Waals surface area (Å²) in [6.45, 7) is -0.000510. The zero-order chi connectivity index (χ0) is 13.8. The van der Waals surface area contributed by atoms with Crippen LogP contribution >= 0.6 is 11.6 Å². The zero-order valence-electron chi connectivity index (χ0n) is 9.91. The Morgan fingerprint density at radius 3 is 2.21 bits per heavy atom. The Morgan fingerprint density at radius 1 is 1.05 bits per heavy atom. The monoisotopic (exact) mass is 283 g/mol. The third kappa shape index (κ3) is 3.43. The van der Waals surface area contributed by atoms with Crippen molar-refractivity contribution in [1.82, 2.24) is 0 Å². The Labute approximate surface area is 114 Å². The topological polar surface area (TPSA) is 32.3 Å². The molecule has 2 aromatic rings. The summed E-state index contributed by atoms with van der Waals surface area (Å²) in [5, 5.41) is 13.3. The molecule has 0 saturated carbocycles. The van der Waals surface area contributed by atoms with Crippen molar-refractivity contribution in [3.63, 3.8) is 0 Å². The highest BCUT2D eigenvalue weighted by Crippen LogP contribution is 2.21. The molecule has 0 radical (unpaired) electrons. The van der Waals surface area contributed by atoms with E-state index in [1.165, 1.54) is 6.07 Å². The van der Waals surface area contributed by atoms with Crippen molar-refractivity contribution < 1.29 is 13.9 Å². The number of hydrogen-bond donors (Lipinski definition) is 2. The van der Waals surface area contributed by atoms with Gasteiger partial charge in [0.05, 0.1) is 5.56 Å². The zero-order valence-corrected chi connectivity index (χ0v) is 10.7. The summed E-state index contributed by atoms with van der Waals surface area (Å²) < 4.78 is 26.9. The van der Waals surface area contributed by atoms with E-state index < -0.39 is 17.7 Å². The van der Waals surface area contributed by atoms with Gasteiger partial charge in [-0.2, -0.15) is 0 Å². The van der Waals surface area contributed by atoms with Crippen molar-refractivity contribution >= 4 is 17.3 Å². The Hall–Kier alpha value is -1.65. The van der Waals surface area contributed by atoms with Gasteiger partial charge in [-0.25, -0.2) is 8.78 Å². The molecule has 0 aliphatic rings. The van der Waals surface area contributed by atoms with Gasteiger partial charge in [0, 0.05) is 17.3 Å². The van der Waals surface area contributed by atoms with Gasteiger partial charge in [-0.05, 0) is 36.4 Å². The third-order valence-corrected chi connectivity index (χ3v) is 2.93. The fourth-order valence-electron chi connectivity index (χ4n) is 1.71. The number of nitrogens with one attached hydrogen (secondary N) is 1. The Bertz CT molecular complexity index is 540. The van der Waals surface area contributed by atoms with Crippen LogP contribution in [0.25, 0.3) is 0 Å². The van der Waals surface area contributed by atoms with Crippen LogP contribution in [0.4, 0.5) is 14.5 Å².